The SMILES string of the molecule is COc1ccc(C(C)C)cc1S(=O)(=O)NC(Cc1ccccc1)C(=O)Nc1cc(C(F)(F)F)ccc1Cl. The lowest BCUT2D eigenvalue weighted by Gasteiger charge is -2.21. The lowest BCUT2D eigenvalue weighted by atomic mass is 10.0. The summed E-state index contributed by atoms with van der Waals surface area (Å²) in [6.07, 6.45) is -4.73. The molecule has 3 rings (SSSR count). The molecule has 1 atom stereocenters. The number of sulfonamides is 1. The summed E-state index contributed by atoms with van der Waals surface area (Å²) < 4.78 is 74.1. The number of alkyl halides is 3. The summed E-state index contributed by atoms with van der Waals surface area (Å²) in [6.45, 7) is 3.80. The van der Waals surface area contributed by atoms with Gasteiger partial charge in [0, 0.05) is 0 Å². The molecular formula is C26H26ClF3N2O4S. The second-order valence-electron chi connectivity index (χ2n) is 8.61. The molecular weight excluding hydrogens is 529 g/mol. The fourth-order valence-electron chi connectivity index (χ4n) is 3.57. The van der Waals surface area contributed by atoms with Crippen molar-refractivity contribution in [2.24, 2.45) is 0 Å². The normalized spacial score (nSPS) is 12.9. The molecule has 0 aliphatic heterocycles. The molecule has 6 nitrogen and oxygen atoms in total. The van der Waals surface area contributed by atoms with Crippen molar-refractivity contribution < 1.29 is 31.1 Å². The van der Waals surface area contributed by atoms with Gasteiger partial charge in [-0.3, -0.25) is 4.79 Å². The maximum absolute atomic E-state index is 13.5. The first-order valence-corrected chi connectivity index (χ1v) is 13.1. The van der Waals surface area contributed by atoms with Crippen LogP contribution in [0.25, 0.3) is 0 Å². The lowest BCUT2D eigenvalue weighted by Crippen LogP contribution is -2.45. The van der Waals surface area contributed by atoms with E-state index in [0.29, 0.717) is 11.6 Å². The highest BCUT2D eigenvalue weighted by Crippen LogP contribution is 2.34. The Labute approximate surface area is 218 Å². The van der Waals surface area contributed by atoms with Gasteiger partial charge in [0.25, 0.3) is 0 Å². The summed E-state index contributed by atoms with van der Waals surface area (Å²) in [7, 11) is -2.98. The summed E-state index contributed by atoms with van der Waals surface area (Å²) in [6, 6.07) is 14.4. The van der Waals surface area contributed by atoms with E-state index in [-0.39, 0.29) is 33.7 Å². The Morgan fingerprint density at radius 1 is 1.03 bits per heavy atom. The number of rotatable bonds is 9. The van der Waals surface area contributed by atoms with Crippen LogP contribution < -0.4 is 14.8 Å². The van der Waals surface area contributed by atoms with E-state index >= 15 is 0 Å². The predicted octanol–water partition coefficient (Wildman–Crippen LogP) is 6.02. The maximum Gasteiger partial charge on any atom is 0.416 e. The molecule has 0 saturated heterocycles. The Balaban J connectivity index is 1.99. The molecule has 37 heavy (non-hydrogen) atoms. The lowest BCUT2D eigenvalue weighted by molar-refractivity contribution is -0.137. The van der Waals surface area contributed by atoms with Gasteiger partial charge in [-0.2, -0.15) is 17.9 Å². The quantitative estimate of drug-likeness (QED) is 0.339. The molecule has 198 valence electrons. The molecule has 3 aromatic rings. The Hall–Kier alpha value is -3.08. The van der Waals surface area contributed by atoms with E-state index in [1.165, 1.54) is 19.2 Å². The highest BCUT2D eigenvalue weighted by atomic mass is 35.5. The Kier molecular flexibility index (Phi) is 8.88. The molecule has 0 aromatic heterocycles. The number of hydrogen-bond donors (Lipinski definition) is 2. The summed E-state index contributed by atoms with van der Waals surface area (Å²) in [4.78, 5) is 13.1. The van der Waals surface area contributed by atoms with Gasteiger partial charge in [-0.15, -0.1) is 0 Å². The minimum atomic E-state index is -4.66. The Bertz CT molecular complexity index is 1360. The van der Waals surface area contributed by atoms with Gasteiger partial charge in [0.2, 0.25) is 15.9 Å². The van der Waals surface area contributed by atoms with Gasteiger partial charge in [0.1, 0.15) is 16.7 Å². The zero-order valence-corrected chi connectivity index (χ0v) is 21.8. The standard InChI is InChI=1S/C26H26ClF3N2O4S/c1-16(2)18-9-12-23(36-3)24(14-18)37(34,35)32-22(13-17-7-5-4-6-8-17)25(33)31-21-15-19(26(28,29)30)10-11-20(21)27/h4-12,14-16,22,32H,13H2,1-3H3,(H,31,33). The number of halogens is 4. The second kappa shape index (κ2) is 11.5. The van der Waals surface area contributed by atoms with E-state index in [9.17, 15) is 26.4 Å². The number of benzene rings is 3. The minimum Gasteiger partial charge on any atom is -0.495 e. The molecule has 0 heterocycles. The molecule has 0 bridgehead atoms. The Morgan fingerprint density at radius 3 is 2.30 bits per heavy atom. The van der Waals surface area contributed by atoms with Gasteiger partial charge in [-0.05, 0) is 53.8 Å². The third-order valence-electron chi connectivity index (χ3n) is 5.59. The summed E-state index contributed by atoms with van der Waals surface area (Å²) >= 11 is 6.03. The molecule has 0 fully saturated rings. The van der Waals surface area contributed by atoms with Gasteiger partial charge in [-0.1, -0.05) is 61.8 Å². The van der Waals surface area contributed by atoms with Crippen LogP contribution in [0.4, 0.5) is 18.9 Å². The van der Waals surface area contributed by atoms with Crippen LogP contribution in [0.2, 0.25) is 5.02 Å². The number of nitrogens with one attached hydrogen (secondary N) is 2. The van der Waals surface area contributed by atoms with Crippen molar-refractivity contribution in [1.82, 2.24) is 4.72 Å². The van der Waals surface area contributed by atoms with Gasteiger partial charge in [0.05, 0.1) is 23.4 Å². The number of carbonyl (C=O) groups is 1. The minimum absolute atomic E-state index is 0.0197. The van der Waals surface area contributed by atoms with E-state index in [4.69, 9.17) is 16.3 Å². The first-order valence-electron chi connectivity index (χ1n) is 11.2. The summed E-state index contributed by atoms with van der Waals surface area (Å²) in [5, 5.41) is 2.22. The molecule has 0 saturated carbocycles. The Morgan fingerprint density at radius 2 is 1.70 bits per heavy atom. The third-order valence-corrected chi connectivity index (χ3v) is 7.41. The largest absolute Gasteiger partial charge is 0.495 e. The van der Waals surface area contributed by atoms with Crippen molar-refractivity contribution in [3.63, 3.8) is 0 Å². The number of hydrogen-bond acceptors (Lipinski definition) is 4. The molecule has 0 radical (unpaired) electrons. The van der Waals surface area contributed by atoms with Crippen LogP contribution in [0.1, 0.15) is 36.5 Å². The number of carbonyl (C=O) groups excluding carboxylic acids is 1. The molecule has 0 spiro atoms. The van der Waals surface area contributed by atoms with Crippen LogP contribution in [-0.2, 0) is 27.4 Å². The van der Waals surface area contributed by atoms with Crippen LogP contribution in [0.15, 0.2) is 71.6 Å². The number of anilines is 1. The number of ether oxygens (including phenoxy) is 1. The highest BCUT2D eigenvalue weighted by molar-refractivity contribution is 7.89. The number of amides is 1. The van der Waals surface area contributed by atoms with Gasteiger partial charge in [0.15, 0.2) is 0 Å². The van der Waals surface area contributed by atoms with E-state index in [1.807, 2.05) is 13.8 Å². The molecule has 1 unspecified atom stereocenters. The molecule has 1 amide bonds. The van der Waals surface area contributed by atoms with Gasteiger partial charge < -0.3 is 10.1 Å². The van der Waals surface area contributed by atoms with Crippen molar-refractivity contribution in [1.29, 1.82) is 0 Å². The summed E-state index contributed by atoms with van der Waals surface area (Å²) in [5.74, 6) is -0.782. The van der Waals surface area contributed by atoms with E-state index in [1.54, 1.807) is 36.4 Å². The van der Waals surface area contributed by atoms with Crippen molar-refractivity contribution in [3.05, 3.63) is 88.4 Å². The molecule has 11 heteroatoms. The average molecular weight is 555 g/mol. The first kappa shape index (κ1) is 28.5. The molecule has 0 aliphatic carbocycles. The van der Waals surface area contributed by atoms with E-state index < -0.39 is 33.7 Å². The van der Waals surface area contributed by atoms with Crippen LogP contribution in [0, 0.1) is 0 Å². The molecule has 0 aliphatic rings. The molecule has 2 N–H and O–H groups in total. The topological polar surface area (TPSA) is 84.5 Å². The van der Waals surface area contributed by atoms with Crippen molar-refractivity contribution in [3.8, 4) is 5.75 Å². The zero-order chi connectivity index (χ0) is 27.4. The maximum atomic E-state index is 13.5. The van der Waals surface area contributed by atoms with Gasteiger partial charge in [-0.25, -0.2) is 8.42 Å². The van der Waals surface area contributed by atoms with Crippen LogP contribution >= 0.6 is 11.6 Å². The van der Waals surface area contributed by atoms with Crippen LogP contribution in [-0.4, -0.2) is 27.5 Å². The van der Waals surface area contributed by atoms with Crippen molar-refractivity contribution in [2.75, 3.05) is 12.4 Å². The van der Waals surface area contributed by atoms with Crippen LogP contribution in [0.3, 0.4) is 0 Å². The fraction of sp³-hybridized carbons (Fsp3) is 0.269. The average Bonchev–Trinajstić information content (AvgIpc) is 2.84. The van der Waals surface area contributed by atoms with Crippen molar-refractivity contribution in [2.45, 2.75) is 43.3 Å². The monoisotopic (exact) mass is 554 g/mol. The van der Waals surface area contributed by atoms with Crippen LogP contribution in [0.5, 0.6) is 5.75 Å². The smallest absolute Gasteiger partial charge is 0.416 e. The van der Waals surface area contributed by atoms with Crippen molar-refractivity contribution >= 4 is 33.2 Å². The fourth-order valence-corrected chi connectivity index (χ4v) is 5.13. The second-order valence-corrected chi connectivity index (χ2v) is 10.7. The third kappa shape index (κ3) is 7.24. The summed E-state index contributed by atoms with van der Waals surface area (Å²) in [5.41, 5.74) is 0.0603. The van der Waals surface area contributed by atoms with E-state index in [0.717, 1.165) is 17.7 Å². The van der Waals surface area contributed by atoms with E-state index in [2.05, 4.69) is 10.0 Å². The first-order chi connectivity index (χ1) is 17.3. The predicted molar refractivity (Wildman–Crippen MR) is 136 cm³/mol. The molecule has 3 aromatic carbocycles. The van der Waals surface area contributed by atoms with Gasteiger partial charge >= 0.3 is 6.18 Å². The zero-order valence-electron chi connectivity index (χ0n) is 20.3. The highest BCUT2D eigenvalue weighted by Gasteiger charge is 2.32. The number of methoxy groups -OCH3 is 1.